The number of hydrogen-bond donors (Lipinski definition) is 0. The van der Waals surface area contributed by atoms with Gasteiger partial charge in [-0.15, -0.1) is 0 Å². The van der Waals surface area contributed by atoms with Gasteiger partial charge in [-0.25, -0.2) is 0 Å². The molecule has 0 fully saturated rings. The molecule has 0 aromatic rings. The first kappa shape index (κ1) is 62.1. The average molecular weight is 915 g/mol. The second kappa shape index (κ2) is 53.7. The monoisotopic (exact) mass is 915 g/mol. The third-order valence-electron chi connectivity index (χ3n) is 11.0. The van der Waals surface area contributed by atoms with Gasteiger partial charge in [0, 0.05) is 19.3 Å². The number of carbonyl (C=O) groups excluding carboxylic acids is 3. The molecule has 0 aliphatic rings. The lowest BCUT2D eigenvalue weighted by Gasteiger charge is -2.18. The summed E-state index contributed by atoms with van der Waals surface area (Å²) in [5, 5.41) is 0. The summed E-state index contributed by atoms with van der Waals surface area (Å²) in [7, 11) is 0. The van der Waals surface area contributed by atoms with Gasteiger partial charge in [-0.05, 0) is 103 Å². The number of carbonyl (C=O) groups is 3. The number of unbranched alkanes of at least 4 members (excludes halogenated alkanes) is 18. The molecule has 0 radical (unpaired) electrons. The largest absolute Gasteiger partial charge is 0.462 e. The van der Waals surface area contributed by atoms with Crippen molar-refractivity contribution in [1.29, 1.82) is 0 Å². The molecule has 0 rings (SSSR count). The molecule has 0 aliphatic carbocycles. The van der Waals surface area contributed by atoms with Crippen LogP contribution in [0.15, 0.2) is 109 Å². The number of rotatable bonds is 47. The molecular formula is C60H98O6. The Morgan fingerprint density at radius 3 is 1.00 bits per heavy atom. The molecule has 0 heterocycles. The van der Waals surface area contributed by atoms with E-state index in [0.717, 1.165) is 141 Å². The third-order valence-corrected chi connectivity index (χ3v) is 11.0. The summed E-state index contributed by atoms with van der Waals surface area (Å²) < 4.78 is 16.7. The van der Waals surface area contributed by atoms with Crippen LogP contribution in [0.5, 0.6) is 0 Å². The standard InChI is InChI=1S/C60H98O6/c1-4-7-10-13-16-18-20-21-22-23-24-25-26-27-28-29-30-31-32-33-34-35-36-37-38-39-40-42-44-47-50-53-59(62)65-56-57(55-64-58(61)52-49-46-43-15-12-9-6-3)66-60(63)54-51-48-45-41-19-17-14-11-8-5-2/h7,10-11,14,16,18,21-22,24-25,27-28,30-31,33-34,36-37,57H,4-6,8-9,12-13,15,17,19-20,23,26,29,32,35,38-56H2,1-3H3/b10-7-,14-11-,18-16-,22-21-,25-24-,28-27-,31-30-,34-33-,37-36-. The van der Waals surface area contributed by atoms with Gasteiger partial charge in [-0.2, -0.15) is 0 Å². The maximum Gasteiger partial charge on any atom is 0.306 e. The molecule has 374 valence electrons. The summed E-state index contributed by atoms with van der Waals surface area (Å²) in [6.07, 6.45) is 72.5. The van der Waals surface area contributed by atoms with Gasteiger partial charge in [0.2, 0.25) is 0 Å². The van der Waals surface area contributed by atoms with E-state index in [-0.39, 0.29) is 31.1 Å². The quantitative estimate of drug-likeness (QED) is 0.0262. The lowest BCUT2D eigenvalue weighted by Crippen LogP contribution is -2.30. The summed E-state index contributed by atoms with van der Waals surface area (Å²) in [5.41, 5.74) is 0. The van der Waals surface area contributed by atoms with Crippen molar-refractivity contribution >= 4 is 17.9 Å². The van der Waals surface area contributed by atoms with Crippen LogP contribution < -0.4 is 0 Å². The first-order chi connectivity index (χ1) is 32.5. The minimum Gasteiger partial charge on any atom is -0.462 e. The molecule has 1 atom stereocenters. The van der Waals surface area contributed by atoms with Gasteiger partial charge in [-0.1, -0.05) is 220 Å². The topological polar surface area (TPSA) is 78.9 Å². The Morgan fingerprint density at radius 2 is 0.621 bits per heavy atom. The van der Waals surface area contributed by atoms with Gasteiger partial charge in [0.05, 0.1) is 0 Å². The summed E-state index contributed by atoms with van der Waals surface area (Å²) in [6.45, 7) is 6.38. The molecule has 0 bridgehead atoms. The van der Waals surface area contributed by atoms with E-state index in [1.54, 1.807) is 0 Å². The minimum atomic E-state index is -0.784. The Balaban J connectivity index is 4.14. The SMILES string of the molecule is CC/C=C\C/C=C\C/C=C\C/C=C\C/C=C\C/C=C\C/C=C\C/C=C\CCCCCCCCC(=O)OCC(COC(=O)CCCCCCCCC)OC(=O)CCCCCCC/C=C\CCC. The normalized spacial score (nSPS) is 13.0. The molecule has 0 aromatic heterocycles. The van der Waals surface area contributed by atoms with Gasteiger partial charge in [0.15, 0.2) is 6.10 Å². The van der Waals surface area contributed by atoms with Gasteiger partial charge < -0.3 is 14.2 Å². The summed E-state index contributed by atoms with van der Waals surface area (Å²) >= 11 is 0. The minimum absolute atomic E-state index is 0.0864. The van der Waals surface area contributed by atoms with Crippen LogP contribution in [0.1, 0.15) is 233 Å². The van der Waals surface area contributed by atoms with E-state index in [1.807, 2.05) is 0 Å². The van der Waals surface area contributed by atoms with E-state index < -0.39 is 6.10 Å². The molecule has 0 aromatic carbocycles. The molecule has 0 amide bonds. The number of allylic oxidation sites excluding steroid dienone is 18. The van der Waals surface area contributed by atoms with Crippen LogP contribution in [-0.2, 0) is 28.6 Å². The molecule has 0 saturated heterocycles. The van der Waals surface area contributed by atoms with Crippen molar-refractivity contribution in [2.24, 2.45) is 0 Å². The average Bonchev–Trinajstić information content (AvgIpc) is 3.31. The fraction of sp³-hybridized carbons (Fsp3) is 0.650. The highest BCUT2D eigenvalue weighted by Gasteiger charge is 2.19. The van der Waals surface area contributed by atoms with Crippen molar-refractivity contribution in [3.05, 3.63) is 109 Å². The highest BCUT2D eigenvalue weighted by molar-refractivity contribution is 5.71. The fourth-order valence-corrected chi connectivity index (χ4v) is 6.99. The van der Waals surface area contributed by atoms with Crippen LogP contribution in [0.2, 0.25) is 0 Å². The van der Waals surface area contributed by atoms with E-state index in [0.29, 0.717) is 19.3 Å². The first-order valence-electron chi connectivity index (χ1n) is 26.9. The number of hydrogen-bond acceptors (Lipinski definition) is 6. The zero-order chi connectivity index (χ0) is 47.9. The molecule has 0 N–H and O–H groups in total. The highest BCUT2D eigenvalue weighted by atomic mass is 16.6. The Kier molecular flexibility index (Phi) is 50.5. The molecule has 6 heteroatoms. The predicted octanol–water partition coefficient (Wildman–Crippen LogP) is 17.9. The van der Waals surface area contributed by atoms with E-state index in [1.165, 1.54) is 51.4 Å². The van der Waals surface area contributed by atoms with Gasteiger partial charge >= 0.3 is 17.9 Å². The van der Waals surface area contributed by atoms with E-state index in [2.05, 4.69) is 130 Å². The summed E-state index contributed by atoms with van der Waals surface area (Å²) in [5.74, 6) is -0.926. The molecule has 0 saturated carbocycles. The van der Waals surface area contributed by atoms with Gasteiger partial charge in [0.1, 0.15) is 13.2 Å². The van der Waals surface area contributed by atoms with Crippen LogP contribution in [0.25, 0.3) is 0 Å². The molecular weight excluding hydrogens is 817 g/mol. The van der Waals surface area contributed by atoms with E-state index in [4.69, 9.17) is 14.2 Å². The lowest BCUT2D eigenvalue weighted by molar-refractivity contribution is -0.167. The summed E-state index contributed by atoms with van der Waals surface area (Å²) in [6, 6.07) is 0. The molecule has 66 heavy (non-hydrogen) atoms. The van der Waals surface area contributed by atoms with Crippen molar-refractivity contribution in [2.75, 3.05) is 13.2 Å². The van der Waals surface area contributed by atoms with Gasteiger partial charge in [-0.3, -0.25) is 14.4 Å². The van der Waals surface area contributed by atoms with E-state index in [9.17, 15) is 14.4 Å². The van der Waals surface area contributed by atoms with Crippen LogP contribution in [-0.4, -0.2) is 37.2 Å². The third kappa shape index (κ3) is 51.1. The predicted molar refractivity (Wildman–Crippen MR) is 283 cm³/mol. The lowest BCUT2D eigenvalue weighted by atomic mass is 10.1. The summed E-state index contributed by atoms with van der Waals surface area (Å²) in [4.78, 5) is 37.7. The smallest absolute Gasteiger partial charge is 0.306 e. The van der Waals surface area contributed by atoms with Gasteiger partial charge in [0.25, 0.3) is 0 Å². The van der Waals surface area contributed by atoms with Crippen molar-refractivity contribution in [3.63, 3.8) is 0 Å². The first-order valence-corrected chi connectivity index (χ1v) is 26.9. The van der Waals surface area contributed by atoms with Crippen LogP contribution in [0.4, 0.5) is 0 Å². The van der Waals surface area contributed by atoms with Crippen LogP contribution in [0.3, 0.4) is 0 Å². The second-order valence-electron chi connectivity index (χ2n) is 17.4. The van der Waals surface area contributed by atoms with Crippen molar-refractivity contribution in [3.8, 4) is 0 Å². The molecule has 0 spiro atoms. The van der Waals surface area contributed by atoms with Crippen LogP contribution in [0, 0.1) is 0 Å². The van der Waals surface area contributed by atoms with E-state index >= 15 is 0 Å². The molecule has 0 aliphatic heterocycles. The number of ether oxygens (including phenoxy) is 3. The maximum atomic E-state index is 12.7. The number of esters is 3. The van der Waals surface area contributed by atoms with Crippen molar-refractivity contribution in [1.82, 2.24) is 0 Å². The highest BCUT2D eigenvalue weighted by Crippen LogP contribution is 2.13. The van der Waals surface area contributed by atoms with Crippen molar-refractivity contribution in [2.45, 2.75) is 239 Å². The Hall–Kier alpha value is -3.93. The van der Waals surface area contributed by atoms with Crippen LogP contribution >= 0.6 is 0 Å². The maximum absolute atomic E-state index is 12.7. The fourth-order valence-electron chi connectivity index (χ4n) is 6.99. The Bertz CT molecular complexity index is 1370. The Morgan fingerprint density at radius 1 is 0.318 bits per heavy atom. The second-order valence-corrected chi connectivity index (χ2v) is 17.4. The Labute approximate surface area is 406 Å². The molecule has 6 nitrogen and oxygen atoms in total. The zero-order valence-corrected chi connectivity index (χ0v) is 42.7. The molecule has 1 unspecified atom stereocenters. The van der Waals surface area contributed by atoms with Crippen molar-refractivity contribution < 1.29 is 28.6 Å². The zero-order valence-electron chi connectivity index (χ0n) is 42.7.